The Kier molecular flexibility index (Phi) is 8.59. The highest BCUT2D eigenvalue weighted by Crippen LogP contribution is 2.29. The summed E-state index contributed by atoms with van der Waals surface area (Å²) in [6, 6.07) is 16.5. The Balaban J connectivity index is 1.61. The molecule has 38 heavy (non-hydrogen) atoms. The number of hydrogen-bond donors (Lipinski definition) is 1. The van der Waals surface area contributed by atoms with E-state index in [0.717, 1.165) is 11.1 Å². The highest BCUT2D eigenvalue weighted by molar-refractivity contribution is 5.91. The van der Waals surface area contributed by atoms with Crippen molar-refractivity contribution in [2.24, 2.45) is 5.92 Å². The largest absolute Gasteiger partial charge is 0.337 e. The number of halogens is 1. The van der Waals surface area contributed by atoms with E-state index in [2.05, 4.69) is 5.32 Å². The van der Waals surface area contributed by atoms with Crippen LogP contribution in [0.15, 0.2) is 54.6 Å². The number of nitrogens with one attached hydrogen (secondary N) is 1. The number of hydrazine groups is 1. The number of amides is 4. The van der Waals surface area contributed by atoms with Gasteiger partial charge in [-0.2, -0.15) is 10.3 Å². The fourth-order valence-corrected chi connectivity index (χ4v) is 5.06. The first kappa shape index (κ1) is 27.1. The second kappa shape index (κ2) is 12.0. The van der Waals surface area contributed by atoms with Gasteiger partial charge in [0.2, 0.25) is 11.8 Å². The van der Waals surface area contributed by atoms with Crippen LogP contribution in [0.25, 0.3) is 0 Å². The lowest BCUT2D eigenvalue weighted by Gasteiger charge is -2.55. The van der Waals surface area contributed by atoms with Gasteiger partial charge in [-0.3, -0.25) is 9.59 Å². The van der Waals surface area contributed by atoms with E-state index in [1.807, 2.05) is 50.2 Å². The number of piperazine rings is 1. The number of urea groups is 1. The summed E-state index contributed by atoms with van der Waals surface area (Å²) in [6.07, 6.45) is 0.199. The fourth-order valence-electron chi connectivity index (χ4n) is 5.06. The Bertz CT molecular complexity index is 1180. The number of carbonyl (C=O) groups excluding carboxylic acids is 3. The Morgan fingerprint density at radius 2 is 1.82 bits per heavy atom. The lowest BCUT2D eigenvalue weighted by molar-refractivity contribution is -0.189. The molecule has 0 aromatic heterocycles. The highest BCUT2D eigenvalue weighted by Gasteiger charge is 2.51. The van der Waals surface area contributed by atoms with E-state index >= 15 is 0 Å². The van der Waals surface area contributed by atoms with Crippen LogP contribution in [0.1, 0.15) is 31.4 Å². The predicted molar refractivity (Wildman–Crippen MR) is 138 cm³/mol. The molecule has 1 N–H and O–H groups in total. The number of hydrogen-bond acceptors (Lipinski definition) is 5. The summed E-state index contributed by atoms with van der Waals surface area (Å²) in [7, 11) is 0. The molecule has 0 saturated carbocycles. The smallest absolute Gasteiger partial charge is 0.334 e. The number of nitriles is 1. The van der Waals surface area contributed by atoms with Crippen molar-refractivity contribution in [1.82, 2.24) is 25.1 Å². The second-order valence-electron chi connectivity index (χ2n) is 10.1. The lowest BCUT2D eigenvalue weighted by Crippen LogP contribution is -2.76. The Labute approximate surface area is 222 Å². The number of fused-ring (bicyclic) bond motifs is 1. The zero-order valence-electron chi connectivity index (χ0n) is 21.7. The van der Waals surface area contributed by atoms with E-state index in [4.69, 9.17) is 0 Å². The molecule has 2 atom stereocenters. The van der Waals surface area contributed by atoms with Gasteiger partial charge in [-0.05, 0) is 42.0 Å². The second-order valence-corrected chi connectivity index (χ2v) is 10.1. The van der Waals surface area contributed by atoms with Gasteiger partial charge < -0.3 is 15.1 Å². The molecule has 2 saturated heterocycles. The zero-order valence-corrected chi connectivity index (χ0v) is 21.7. The Hall–Kier alpha value is -3.97. The van der Waals surface area contributed by atoms with Crippen molar-refractivity contribution in [2.75, 3.05) is 26.2 Å². The highest BCUT2D eigenvalue weighted by atomic mass is 19.1. The van der Waals surface area contributed by atoms with E-state index < -0.39 is 18.2 Å². The SMILES string of the molecule is CC(C)C[C@H]1C(=O)N(CCc2ccc(F)cc2)CC2N1C(=O)CN(CC#N)N2C(=O)NCc1ccccc1. The molecule has 2 aliphatic rings. The van der Waals surface area contributed by atoms with Crippen LogP contribution < -0.4 is 5.32 Å². The molecule has 2 heterocycles. The molecular weight excluding hydrogens is 487 g/mol. The first-order valence-corrected chi connectivity index (χ1v) is 12.9. The molecule has 0 spiro atoms. The van der Waals surface area contributed by atoms with Crippen LogP contribution >= 0.6 is 0 Å². The molecule has 2 fully saturated rings. The van der Waals surface area contributed by atoms with Crippen LogP contribution in [0, 0.1) is 23.1 Å². The van der Waals surface area contributed by atoms with Crippen LogP contribution in [0.4, 0.5) is 9.18 Å². The lowest BCUT2D eigenvalue weighted by atomic mass is 9.96. The summed E-state index contributed by atoms with van der Waals surface area (Å²) in [5, 5.41) is 15.2. The minimum Gasteiger partial charge on any atom is -0.337 e. The van der Waals surface area contributed by atoms with Crippen molar-refractivity contribution in [3.63, 3.8) is 0 Å². The average molecular weight is 521 g/mol. The summed E-state index contributed by atoms with van der Waals surface area (Å²) < 4.78 is 13.4. The number of nitrogens with zero attached hydrogens (tertiary/aromatic N) is 5. The fraction of sp³-hybridized carbons (Fsp3) is 0.429. The molecule has 4 amide bonds. The summed E-state index contributed by atoms with van der Waals surface area (Å²) in [4.78, 5) is 43.7. The van der Waals surface area contributed by atoms with Crippen LogP contribution in [-0.2, 0) is 22.6 Å². The van der Waals surface area contributed by atoms with Crippen molar-refractivity contribution < 1.29 is 18.8 Å². The molecule has 0 aliphatic carbocycles. The zero-order chi connectivity index (χ0) is 27.2. The molecule has 2 aromatic rings. The van der Waals surface area contributed by atoms with Crippen molar-refractivity contribution in [3.05, 3.63) is 71.5 Å². The molecular formula is C28H33FN6O3. The van der Waals surface area contributed by atoms with E-state index in [1.165, 1.54) is 27.1 Å². The normalized spacial score (nSPS) is 19.9. The van der Waals surface area contributed by atoms with Crippen LogP contribution in [0.3, 0.4) is 0 Å². The van der Waals surface area contributed by atoms with Crippen molar-refractivity contribution in [3.8, 4) is 6.07 Å². The van der Waals surface area contributed by atoms with Gasteiger partial charge in [-0.25, -0.2) is 14.2 Å². The minimum atomic E-state index is -0.755. The van der Waals surface area contributed by atoms with Gasteiger partial charge in [0.05, 0.1) is 19.2 Å². The topological polar surface area (TPSA) is 100.0 Å². The molecule has 0 bridgehead atoms. The first-order valence-electron chi connectivity index (χ1n) is 12.9. The average Bonchev–Trinajstić information content (AvgIpc) is 2.89. The molecule has 2 aromatic carbocycles. The van der Waals surface area contributed by atoms with Gasteiger partial charge in [0.25, 0.3) is 0 Å². The van der Waals surface area contributed by atoms with Gasteiger partial charge in [0.1, 0.15) is 24.6 Å². The summed E-state index contributed by atoms with van der Waals surface area (Å²) >= 11 is 0. The molecule has 4 rings (SSSR count). The Morgan fingerprint density at radius 1 is 1.11 bits per heavy atom. The van der Waals surface area contributed by atoms with E-state index in [0.29, 0.717) is 19.4 Å². The third kappa shape index (κ3) is 6.11. The van der Waals surface area contributed by atoms with Gasteiger partial charge >= 0.3 is 6.03 Å². The number of rotatable bonds is 8. The number of carbonyl (C=O) groups is 3. The number of benzene rings is 2. The maximum absolute atomic E-state index is 13.6. The van der Waals surface area contributed by atoms with Crippen molar-refractivity contribution >= 4 is 17.8 Å². The quantitative estimate of drug-likeness (QED) is 0.540. The molecule has 1 unspecified atom stereocenters. The summed E-state index contributed by atoms with van der Waals surface area (Å²) in [5.74, 6) is -0.642. The minimum absolute atomic E-state index is 0.112. The van der Waals surface area contributed by atoms with Gasteiger partial charge in [-0.1, -0.05) is 56.3 Å². The van der Waals surface area contributed by atoms with E-state index in [1.54, 1.807) is 17.0 Å². The Morgan fingerprint density at radius 3 is 2.47 bits per heavy atom. The van der Waals surface area contributed by atoms with Gasteiger partial charge in [0, 0.05) is 13.1 Å². The molecule has 2 aliphatic heterocycles. The molecule has 10 heteroatoms. The van der Waals surface area contributed by atoms with Crippen molar-refractivity contribution in [2.45, 2.75) is 45.4 Å². The molecule has 9 nitrogen and oxygen atoms in total. The summed E-state index contributed by atoms with van der Waals surface area (Å²) in [5.41, 5.74) is 1.79. The summed E-state index contributed by atoms with van der Waals surface area (Å²) in [6.45, 7) is 4.41. The monoisotopic (exact) mass is 520 g/mol. The first-order chi connectivity index (χ1) is 18.3. The third-order valence-corrected chi connectivity index (χ3v) is 6.86. The maximum atomic E-state index is 13.6. The van der Waals surface area contributed by atoms with Gasteiger partial charge in [-0.15, -0.1) is 0 Å². The third-order valence-electron chi connectivity index (χ3n) is 6.86. The predicted octanol–water partition coefficient (Wildman–Crippen LogP) is 2.75. The van der Waals surface area contributed by atoms with Gasteiger partial charge in [0.15, 0.2) is 0 Å². The molecule has 0 radical (unpaired) electrons. The van der Waals surface area contributed by atoms with Crippen molar-refractivity contribution in [1.29, 1.82) is 5.26 Å². The molecule has 200 valence electrons. The van der Waals surface area contributed by atoms with Crippen LogP contribution in [0.5, 0.6) is 0 Å². The van der Waals surface area contributed by atoms with E-state index in [9.17, 15) is 24.0 Å². The van der Waals surface area contributed by atoms with Crippen LogP contribution in [0.2, 0.25) is 0 Å². The van der Waals surface area contributed by atoms with Crippen LogP contribution in [-0.4, -0.2) is 76.0 Å². The maximum Gasteiger partial charge on any atom is 0.334 e. The van der Waals surface area contributed by atoms with E-state index in [-0.39, 0.29) is 49.7 Å². The standard InChI is InChI=1S/C28H33FN6O3/c1-20(2)16-24-27(37)32(14-12-21-8-10-23(29)11-9-21)18-25-34(24)26(36)19-33(15-13-30)35(25)28(38)31-17-22-6-4-3-5-7-22/h3-11,20,24-25H,12,14-19H2,1-2H3,(H,31,38)/t24-,25?/m0/s1.